The molecule has 4 heteroatoms. The molecule has 0 aliphatic carbocycles. The maximum atomic E-state index is 11.5. The third-order valence-corrected chi connectivity index (χ3v) is 2.33. The van der Waals surface area contributed by atoms with Gasteiger partial charge in [0, 0.05) is 23.8 Å². The van der Waals surface area contributed by atoms with Crippen LogP contribution in [-0.2, 0) is 0 Å². The van der Waals surface area contributed by atoms with Crippen LogP contribution in [0.4, 0.5) is 0 Å². The topological polar surface area (TPSA) is 42.0 Å². The minimum atomic E-state index is -0.0570. The molecule has 0 aliphatic rings. The van der Waals surface area contributed by atoms with Crippen molar-refractivity contribution in [3.63, 3.8) is 0 Å². The average molecular weight is 257 g/mol. The Morgan fingerprint density at radius 1 is 1.57 bits per heavy atom. The zero-order valence-electron chi connectivity index (χ0n) is 8.09. The number of aromatic nitrogens is 1. The predicted molar refractivity (Wildman–Crippen MR) is 59.7 cm³/mol. The van der Waals surface area contributed by atoms with Crippen LogP contribution in [0, 0.1) is 6.92 Å². The highest BCUT2D eigenvalue weighted by Crippen LogP contribution is 1.98. The minimum absolute atomic E-state index is 0.0570. The first kappa shape index (κ1) is 11.2. The maximum absolute atomic E-state index is 11.5. The van der Waals surface area contributed by atoms with Crippen molar-refractivity contribution in [2.24, 2.45) is 0 Å². The quantitative estimate of drug-likeness (QED) is 0.661. The summed E-state index contributed by atoms with van der Waals surface area (Å²) in [6.07, 6.45) is 2.53. The zero-order chi connectivity index (χ0) is 10.4. The van der Waals surface area contributed by atoms with Crippen molar-refractivity contribution in [3.05, 3.63) is 29.6 Å². The molecule has 0 unspecified atom stereocenters. The maximum Gasteiger partial charge on any atom is 0.252 e. The van der Waals surface area contributed by atoms with Gasteiger partial charge in [-0.2, -0.15) is 0 Å². The first-order chi connectivity index (χ1) is 6.74. The molecule has 3 nitrogen and oxygen atoms in total. The summed E-state index contributed by atoms with van der Waals surface area (Å²) in [6.45, 7) is 2.59. The second kappa shape index (κ2) is 5.75. The Bertz CT molecular complexity index is 297. The third-order valence-electron chi connectivity index (χ3n) is 1.77. The molecule has 0 spiro atoms. The molecule has 0 fully saturated rings. The summed E-state index contributed by atoms with van der Waals surface area (Å²) in [4.78, 5) is 15.5. The second-order valence-corrected chi connectivity index (χ2v) is 3.78. The van der Waals surface area contributed by atoms with Gasteiger partial charge >= 0.3 is 0 Å². The fourth-order valence-electron chi connectivity index (χ4n) is 0.973. The second-order valence-electron chi connectivity index (χ2n) is 2.99. The third kappa shape index (κ3) is 3.46. The van der Waals surface area contributed by atoms with E-state index in [4.69, 9.17) is 0 Å². The summed E-state index contributed by atoms with van der Waals surface area (Å²) in [7, 11) is 0. The van der Waals surface area contributed by atoms with Gasteiger partial charge in [-0.1, -0.05) is 15.9 Å². The fraction of sp³-hybridized carbons (Fsp3) is 0.400. The molecular weight excluding hydrogens is 244 g/mol. The van der Waals surface area contributed by atoms with Gasteiger partial charge in [-0.3, -0.25) is 9.78 Å². The lowest BCUT2D eigenvalue weighted by Crippen LogP contribution is -2.24. The highest BCUT2D eigenvalue weighted by Gasteiger charge is 2.03. The van der Waals surface area contributed by atoms with Crippen LogP contribution < -0.4 is 5.32 Å². The van der Waals surface area contributed by atoms with Gasteiger partial charge in [0.15, 0.2) is 0 Å². The van der Waals surface area contributed by atoms with Gasteiger partial charge in [0.05, 0.1) is 5.56 Å². The standard InChI is InChI=1S/C10H13BrN2O/c1-8-3-4-9(7-13-8)10(14)12-6-2-5-11/h3-4,7H,2,5-6H2,1H3,(H,12,14). The number of hydrogen-bond acceptors (Lipinski definition) is 2. The van der Waals surface area contributed by atoms with Crippen LogP contribution in [0.15, 0.2) is 18.3 Å². The van der Waals surface area contributed by atoms with E-state index >= 15 is 0 Å². The number of halogens is 1. The molecule has 14 heavy (non-hydrogen) atoms. The fourth-order valence-corrected chi connectivity index (χ4v) is 1.25. The highest BCUT2D eigenvalue weighted by atomic mass is 79.9. The lowest BCUT2D eigenvalue weighted by molar-refractivity contribution is 0.0953. The number of nitrogens with one attached hydrogen (secondary N) is 1. The van der Waals surface area contributed by atoms with Gasteiger partial charge in [0.25, 0.3) is 5.91 Å². The Labute approximate surface area is 92.1 Å². The van der Waals surface area contributed by atoms with Crippen molar-refractivity contribution in [2.75, 3.05) is 11.9 Å². The molecule has 0 saturated carbocycles. The molecule has 1 heterocycles. The predicted octanol–water partition coefficient (Wildman–Crippen LogP) is 1.90. The van der Waals surface area contributed by atoms with Gasteiger partial charge in [-0.25, -0.2) is 0 Å². The summed E-state index contributed by atoms with van der Waals surface area (Å²) in [5.74, 6) is -0.0570. The van der Waals surface area contributed by atoms with Crippen molar-refractivity contribution in [2.45, 2.75) is 13.3 Å². The molecule has 1 aromatic heterocycles. The van der Waals surface area contributed by atoms with Gasteiger partial charge in [0.1, 0.15) is 0 Å². The molecule has 0 radical (unpaired) electrons. The Kier molecular flexibility index (Phi) is 4.59. The van der Waals surface area contributed by atoms with E-state index in [9.17, 15) is 4.79 Å². The lowest BCUT2D eigenvalue weighted by atomic mass is 10.2. The van der Waals surface area contributed by atoms with E-state index in [2.05, 4.69) is 26.2 Å². The molecule has 1 amide bonds. The SMILES string of the molecule is Cc1ccc(C(=O)NCCCBr)cn1. The van der Waals surface area contributed by atoms with E-state index in [1.54, 1.807) is 12.3 Å². The van der Waals surface area contributed by atoms with Crippen molar-refractivity contribution >= 4 is 21.8 Å². The van der Waals surface area contributed by atoms with Crippen LogP contribution in [0.1, 0.15) is 22.5 Å². The minimum Gasteiger partial charge on any atom is -0.352 e. The number of pyridine rings is 1. The first-order valence-electron chi connectivity index (χ1n) is 4.51. The highest BCUT2D eigenvalue weighted by molar-refractivity contribution is 9.09. The van der Waals surface area contributed by atoms with Crippen LogP contribution >= 0.6 is 15.9 Å². The molecule has 1 N–H and O–H groups in total. The lowest BCUT2D eigenvalue weighted by Gasteiger charge is -2.03. The number of carbonyl (C=O) groups excluding carboxylic acids is 1. The monoisotopic (exact) mass is 256 g/mol. The van der Waals surface area contributed by atoms with E-state index in [1.807, 2.05) is 13.0 Å². The number of nitrogens with zero attached hydrogens (tertiary/aromatic N) is 1. The van der Waals surface area contributed by atoms with Crippen molar-refractivity contribution < 1.29 is 4.79 Å². The van der Waals surface area contributed by atoms with Crippen LogP contribution in [0.5, 0.6) is 0 Å². The summed E-state index contributed by atoms with van der Waals surface area (Å²) in [5.41, 5.74) is 1.53. The normalized spacial score (nSPS) is 9.86. The number of rotatable bonds is 4. The molecule has 0 aliphatic heterocycles. The van der Waals surface area contributed by atoms with Crippen LogP contribution in [-0.4, -0.2) is 22.8 Å². The summed E-state index contributed by atoms with van der Waals surface area (Å²) in [6, 6.07) is 3.62. The molecule has 0 aromatic carbocycles. The van der Waals surface area contributed by atoms with Gasteiger partial charge in [-0.15, -0.1) is 0 Å². The molecule has 76 valence electrons. The summed E-state index contributed by atoms with van der Waals surface area (Å²) >= 11 is 3.30. The van der Waals surface area contributed by atoms with Gasteiger partial charge < -0.3 is 5.32 Å². The average Bonchev–Trinajstić information content (AvgIpc) is 2.19. The number of carbonyl (C=O) groups is 1. The number of hydrogen-bond donors (Lipinski definition) is 1. The van der Waals surface area contributed by atoms with E-state index < -0.39 is 0 Å². The van der Waals surface area contributed by atoms with E-state index in [0.717, 1.165) is 17.4 Å². The molecule has 1 rings (SSSR count). The molecular formula is C10H13BrN2O. The van der Waals surface area contributed by atoms with E-state index in [1.165, 1.54) is 0 Å². The largest absolute Gasteiger partial charge is 0.352 e. The molecule has 0 bridgehead atoms. The number of aryl methyl sites for hydroxylation is 1. The summed E-state index contributed by atoms with van der Waals surface area (Å²) < 4.78 is 0. The van der Waals surface area contributed by atoms with Crippen LogP contribution in [0.3, 0.4) is 0 Å². The van der Waals surface area contributed by atoms with Crippen molar-refractivity contribution in [3.8, 4) is 0 Å². The zero-order valence-corrected chi connectivity index (χ0v) is 9.67. The Morgan fingerprint density at radius 3 is 2.93 bits per heavy atom. The Morgan fingerprint density at radius 2 is 2.36 bits per heavy atom. The Hall–Kier alpha value is -0.900. The smallest absolute Gasteiger partial charge is 0.252 e. The first-order valence-corrected chi connectivity index (χ1v) is 5.63. The van der Waals surface area contributed by atoms with Crippen molar-refractivity contribution in [1.29, 1.82) is 0 Å². The molecule has 0 atom stereocenters. The number of amides is 1. The van der Waals surface area contributed by atoms with E-state index in [-0.39, 0.29) is 5.91 Å². The number of alkyl halides is 1. The molecule has 1 aromatic rings. The Balaban J connectivity index is 2.48. The van der Waals surface area contributed by atoms with Gasteiger partial charge in [0.2, 0.25) is 0 Å². The van der Waals surface area contributed by atoms with Crippen LogP contribution in [0.25, 0.3) is 0 Å². The molecule has 0 saturated heterocycles. The van der Waals surface area contributed by atoms with Gasteiger partial charge in [-0.05, 0) is 25.5 Å². The summed E-state index contributed by atoms with van der Waals surface area (Å²) in [5, 5.41) is 3.71. The van der Waals surface area contributed by atoms with Crippen molar-refractivity contribution in [1.82, 2.24) is 10.3 Å². The van der Waals surface area contributed by atoms with Crippen LogP contribution in [0.2, 0.25) is 0 Å². The van der Waals surface area contributed by atoms with E-state index in [0.29, 0.717) is 12.1 Å².